The van der Waals surface area contributed by atoms with Crippen molar-refractivity contribution in [1.29, 1.82) is 0 Å². The number of rotatable bonds is 4. The molecule has 2 aromatic carbocycles. The maximum absolute atomic E-state index is 12.5. The Bertz CT molecular complexity index is 752. The summed E-state index contributed by atoms with van der Waals surface area (Å²) in [6.45, 7) is 0. The van der Waals surface area contributed by atoms with E-state index in [0.29, 0.717) is 12.1 Å². The van der Waals surface area contributed by atoms with Gasteiger partial charge in [-0.25, -0.2) is 4.79 Å². The lowest BCUT2D eigenvalue weighted by molar-refractivity contribution is -0.122. The maximum atomic E-state index is 12.5. The van der Waals surface area contributed by atoms with Crippen LogP contribution in [0.25, 0.3) is 0 Å². The second kappa shape index (κ2) is 6.04. The minimum absolute atomic E-state index is 0.119. The molecule has 1 aliphatic rings. The number of benzene rings is 2. The molecule has 3 rings (SSSR count). The first-order chi connectivity index (χ1) is 11.1. The molecule has 0 saturated carbocycles. The van der Waals surface area contributed by atoms with Crippen LogP contribution in [-0.4, -0.2) is 22.9 Å². The van der Waals surface area contributed by atoms with Crippen molar-refractivity contribution in [3.63, 3.8) is 0 Å². The van der Waals surface area contributed by atoms with Crippen LogP contribution in [0.4, 0.5) is 5.69 Å². The standard InChI is InChI=1S/C18H15NO4/c20-16-11-14(10-12-4-2-1-3-5-12)17(21)19(16)15-8-6-13(7-9-15)18(22)23/h1-9,14H,10-11H2,(H,22,23)/t14-/m1/s1. The average Bonchev–Trinajstić information content (AvgIpc) is 2.82. The molecule has 1 heterocycles. The lowest BCUT2D eigenvalue weighted by Crippen LogP contribution is -2.30. The fourth-order valence-electron chi connectivity index (χ4n) is 2.78. The van der Waals surface area contributed by atoms with Crippen molar-refractivity contribution in [3.05, 3.63) is 65.7 Å². The van der Waals surface area contributed by atoms with E-state index in [9.17, 15) is 14.4 Å². The minimum atomic E-state index is -1.04. The summed E-state index contributed by atoms with van der Waals surface area (Å²) >= 11 is 0. The van der Waals surface area contributed by atoms with E-state index in [-0.39, 0.29) is 29.7 Å². The Morgan fingerprint density at radius 2 is 1.70 bits per heavy atom. The third-order valence-electron chi connectivity index (χ3n) is 3.94. The van der Waals surface area contributed by atoms with Gasteiger partial charge in [0.15, 0.2) is 0 Å². The van der Waals surface area contributed by atoms with Crippen LogP contribution >= 0.6 is 0 Å². The fraction of sp³-hybridized carbons (Fsp3) is 0.167. The molecule has 0 aliphatic carbocycles. The van der Waals surface area contributed by atoms with Crippen LogP contribution in [0, 0.1) is 5.92 Å². The highest BCUT2D eigenvalue weighted by Gasteiger charge is 2.39. The average molecular weight is 309 g/mol. The molecule has 0 aromatic heterocycles. The van der Waals surface area contributed by atoms with Gasteiger partial charge in [0.1, 0.15) is 0 Å². The van der Waals surface area contributed by atoms with Gasteiger partial charge in [-0.15, -0.1) is 0 Å². The number of imide groups is 1. The summed E-state index contributed by atoms with van der Waals surface area (Å²) in [6, 6.07) is 15.3. The summed E-state index contributed by atoms with van der Waals surface area (Å²) in [6.07, 6.45) is 0.698. The fourth-order valence-corrected chi connectivity index (χ4v) is 2.78. The summed E-state index contributed by atoms with van der Waals surface area (Å²) in [4.78, 5) is 36.7. The minimum Gasteiger partial charge on any atom is -0.478 e. The third-order valence-corrected chi connectivity index (χ3v) is 3.94. The predicted molar refractivity (Wildman–Crippen MR) is 84.1 cm³/mol. The van der Waals surface area contributed by atoms with Crippen LogP contribution < -0.4 is 4.90 Å². The quantitative estimate of drug-likeness (QED) is 0.881. The van der Waals surface area contributed by atoms with Gasteiger partial charge in [0.25, 0.3) is 0 Å². The molecule has 5 nitrogen and oxygen atoms in total. The largest absolute Gasteiger partial charge is 0.478 e. The summed E-state index contributed by atoms with van der Waals surface area (Å²) in [5, 5.41) is 8.90. The smallest absolute Gasteiger partial charge is 0.335 e. The highest BCUT2D eigenvalue weighted by Crippen LogP contribution is 2.28. The lowest BCUT2D eigenvalue weighted by Gasteiger charge is -2.15. The van der Waals surface area contributed by atoms with E-state index in [1.165, 1.54) is 24.3 Å². The van der Waals surface area contributed by atoms with Crippen molar-refractivity contribution in [2.45, 2.75) is 12.8 Å². The van der Waals surface area contributed by atoms with Crippen molar-refractivity contribution >= 4 is 23.5 Å². The van der Waals surface area contributed by atoms with Crippen LogP contribution in [0.3, 0.4) is 0 Å². The molecule has 0 unspecified atom stereocenters. The Morgan fingerprint density at radius 3 is 2.30 bits per heavy atom. The number of nitrogens with zero attached hydrogens (tertiary/aromatic N) is 1. The number of carbonyl (C=O) groups excluding carboxylic acids is 2. The molecule has 1 aliphatic heterocycles. The van der Waals surface area contributed by atoms with Crippen molar-refractivity contribution in [2.75, 3.05) is 4.90 Å². The second-order valence-corrected chi connectivity index (χ2v) is 5.51. The molecule has 116 valence electrons. The zero-order valence-electron chi connectivity index (χ0n) is 12.3. The number of carbonyl (C=O) groups is 3. The van der Waals surface area contributed by atoms with Crippen LogP contribution in [0.5, 0.6) is 0 Å². The Hall–Kier alpha value is -2.95. The number of amides is 2. The number of anilines is 1. The van der Waals surface area contributed by atoms with Gasteiger partial charge < -0.3 is 5.11 Å². The Morgan fingerprint density at radius 1 is 1.04 bits per heavy atom. The zero-order valence-corrected chi connectivity index (χ0v) is 12.3. The molecular formula is C18H15NO4. The summed E-state index contributed by atoms with van der Waals surface area (Å²) in [5.74, 6) is -1.90. The summed E-state index contributed by atoms with van der Waals surface area (Å²) in [5.41, 5.74) is 1.55. The van der Waals surface area contributed by atoms with E-state index in [2.05, 4.69) is 0 Å². The Kier molecular flexibility index (Phi) is 3.93. The molecule has 0 radical (unpaired) electrons. The lowest BCUT2D eigenvalue weighted by atomic mass is 9.98. The number of hydrogen-bond acceptors (Lipinski definition) is 3. The number of carboxylic acids is 1. The zero-order chi connectivity index (χ0) is 16.4. The maximum Gasteiger partial charge on any atom is 0.335 e. The number of carboxylic acid groups (broad SMARTS) is 1. The van der Waals surface area contributed by atoms with Gasteiger partial charge in [-0.05, 0) is 36.2 Å². The highest BCUT2D eigenvalue weighted by molar-refractivity contribution is 6.21. The Balaban J connectivity index is 1.79. The van der Waals surface area contributed by atoms with E-state index in [1.807, 2.05) is 30.3 Å². The topological polar surface area (TPSA) is 74.7 Å². The second-order valence-electron chi connectivity index (χ2n) is 5.51. The molecule has 1 atom stereocenters. The molecule has 0 spiro atoms. The van der Waals surface area contributed by atoms with E-state index in [1.54, 1.807) is 0 Å². The van der Waals surface area contributed by atoms with Gasteiger partial charge in [0, 0.05) is 6.42 Å². The summed E-state index contributed by atoms with van der Waals surface area (Å²) < 4.78 is 0. The molecular weight excluding hydrogens is 294 g/mol. The van der Waals surface area contributed by atoms with Crippen LogP contribution in [0.2, 0.25) is 0 Å². The first kappa shape index (κ1) is 15.0. The van der Waals surface area contributed by atoms with E-state index in [0.717, 1.165) is 10.5 Å². The molecule has 1 saturated heterocycles. The number of aromatic carboxylic acids is 1. The molecule has 1 fully saturated rings. The molecule has 1 N–H and O–H groups in total. The monoisotopic (exact) mass is 309 g/mol. The van der Waals surface area contributed by atoms with Gasteiger partial charge in [0.05, 0.1) is 17.2 Å². The normalized spacial score (nSPS) is 17.6. The summed E-state index contributed by atoms with van der Waals surface area (Å²) in [7, 11) is 0. The van der Waals surface area contributed by atoms with Crippen LogP contribution in [0.1, 0.15) is 22.3 Å². The molecule has 2 aromatic rings. The van der Waals surface area contributed by atoms with Gasteiger partial charge in [0.2, 0.25) is 11.8 Å². The van der Waals surface area contributed by atoms with Crippen LogP contribution in [-0.2, 0) is 16.0 Å². The SMILES string of the molecule is O=C(O)c1ccc(N2C(=O)C[C@@H](Cc3ccccc3)C2=O)cc1. The van der Waals surface area contributed by atoms with E-state index in [4.69, 9.17) is 5.11 Å². The molecule has 23 heavy (non-hydrogen) atoms. The molecule has 2 amide bonds. The van der Waals surface area contributed by atoms with Crippen LogP contribution in [0.15, 0.2) is 54.6 Å². The van der Waals surface area contributed by atoms with Crippen molar-refractivity contribution < 1.29 is 19.5 Å². The first-order valence-corrected chi connectivity index (χ1v) is 7.30. The van der Waals surface area contributed by atoms with Crippen molar-refractivity contribution in [3.8, 4) is 0 Å². The van der Waals surface area contributed by atoms with Gasteiger partial charge >= 0.3 is 5.97 Å². The van der Waals surface area contributed by atoms with E-state index >= 15 is 0 Å². The molecule has 0 bridgehead atoms. The predicted octanol–water partition coefficient (Wildman–Crippen LogP) is 2.51. The van der Waals surface area contributed by atoms with Gasteiger partial charge in [-0.3, -0.25) is 14.5 Å². The van der Waals surface area contributed by atoms with E-state index < -0.39 is 5.97 Å². The highest BCUT2D eigenvalue weighted by atomic mass is 16.4. The third kappa shape index (κ3) is 2.99. The Labute approximate surface area is 133 Å². The molecule has 5 heteroatoms. The van der Waals surface area contributed by atoms with Gasteiger partial charge in [-0.2, -0.15) is 0 Å². The van der Waals surface area contributed by atoms with Gasteiger partial charge in [-0.1, -0.05) is 30.3 Å². The first-order valence-electron chi connectivity index (χ1n) is 7.30. The van der Waals surface area contributed by atoms with Crippen molar-refractivity contribution in [1.82, 2.24) is 0 Å². The van der Waals surface area contributed by atoms with Crippen molar-refractivity contribution in [2.24, 2.45) is 5.92 Å². The number of hydrogen-bond donors (Lipinski definition) is 1.